The van der Waals surface area contributed by atoms with Crippen LogP contribution in [0.3, 0.4) is 0 Å². The summed E-state index contributed by atoms with van der Waals surface area (Å²) in [5.41, 5.74) is 0. The van der Waals surface area contributed by atoms with E-state index in [0.29, 0.717) is 19.3 Å². The summed E-state index contributed by atoms with van der Waals surface area (Å²) < 4.78 is 16.6. The Morgan fingerprint density at radius 1 is 0.368 bits per heavy atom. The van der Waals surface area contributed by atoms with E-state index in [2.05, 4.69) is 39.0 Å². The predicted molar refractivity (Wildman–Crippen MR) is 242 cm³/mol. The molecule has 0 amide bonds. The zero-order valence-electron chi connectivity index (χ0n) is 37.1. The van der Waals surface area contributed by atoms with Gasteiger partial charge in [0.2, 0.25) is 0 Å². The smallest absolute Gasteiger partial charge is 0.306 e. The Morgan fingerprint density at radius 2 is 0.737 bits per heavy atom. The first kappa shape index (κ1) is 53.9. The van der Waals surface area contributed by atoms with Crippen LogP contribution in [-0.2, 0) is 28.6 Å². The number of carbonyl (C=O) groups is 3. The minimum Gasteiger partial charge on any atom is -0.462 e. The van der Waals surface area contributed by atoms with Crippen LogP contribution in [0.5, 0.6) is 0 Å². The summed E-state index contributed by atoms with van der Waals surface area (Å²) in [6.07, 6.45) is 56.1. The van der Waals surface area contributed by atoms with Crippen molar-refractivity contribution >= 4 is 17.9 Å². The molecule has 0 aromatic carbocycles. The van der Waals surface area contributed by atoms with Crippen molar-refractivity contribution in [1.82, 2.24) is 0 Å². The molecule has 0 spiro atoms. The van der Waals surface area contributed by atoms with Gasteiger partial charge in [-0.3, -0.25) is 14.4 Å². The van der Waals surface area contributed by atoms with Gasteiger partial charge in [0.25, 0.3) is 0 Å². The van der Waals surface area contributed by atoms with E-state index in [4.69, 9.17) is 14.2 Å². The van der Waals surface area contributed by atoms with E-state index < -0.39 is 6.10 Å². The first-order valence-electron chi connectivity index (χ1n) is 23.5. The standard InChI is InChI=1S/C51H86O6/c1-4-7-10-13-16-19-22-24-25-27-29-32-35-38-41-44-50(53)56-47-48(46-55-49(52)43-40-37-34-31-28-21-18-15-12-9-6-3)57-51(54)45-42-39-36-33-30-26-23-20-17-14-11-8-5-2/h8,11,14-15,17-18,20,23,26,30,33,36,48H,4-7,9-10,12-13,16,19,21-22,24-25,27-29,31-32,34-35,37-47H2,1-3H3/b11-8-,17-14-,18-15-,23-20-,30-26-,36-33-. The number of hydrogen-bond acceptors (Lipinski definition) is 6. The van der Waals surface area contributed by atoms with Crippen LogP contribution < -0.4 is 0 Å². The summed E-state index contributed by atoms with van der Waals surface area (Å²) in [5, 5.41) is 0. The van der Waals surface area contributed by atoms with Gasteiger partial charge < -0.3 is 14.2 Å². The van der Waals surface area contributed by atoms with Gasteiger partial charge in [0.05, 0.1) is 0 Å². The van der Waals surface area contributed by atoms with Crippen molar-refractivity contribution in [3.8, 4) is 0 Å². The minimum atomic E-state index is -0.811. The second-order valence-electron chi connectivity index (χ2n) is 15.4. The molecule has 0 aliphatic carbocycles. The van der Waals surface area contributed by atoms with Crippen molar-refractivity contribution < 1.29 is 28.6 Å². The first-order chi connectivity index (χ1) is 28.0. The molecule has 0 saturated carbocycles. The fourth-order valence-corrected chi connectivity index (χ4v) is 6.28. The van der Waals surface area contributed by atoms with Gasteiger partial charge in [0, 0.05) is 19.3 Å². The molecular formula is C51H86O6. The maximum absolute atomic E-state index is 12.7. The third-order valence-corrected chi connectivity index (χ3v) is 9.82. The van der Waals surface area contributed by atoms with Crippen molar-refractivity contribution in [2.75, 3.05) is 13.2 Å². The number of unbranched alkanes of at least 4 members (excludes halogenated alkanes) is 22. The Labute approximate surface area is 351 Å². The van der Waals surface area contributed by atoms with Gasteiger partial charge in [-0.25, -0.2) is 0 Å². The highest BCUT2D eigenvalue weighted by Crippen LogP contribution is 2.15. The summed E-state index contributed by atoms with van der Waals surface area (Å²) in [6, 6.07) is 0. The Hall–Kier alpha value is -3.15. The average molecular weight is 795 g/mol. The number of esters is 3. The monoisotopic (exact) mass is 795 g/mol. The third-order valence-electron chi connectivity index (χ3n) is 9.82. The van der Waals surface area contributed by atoms with Gasteiger partial charge in [-0.2, -0.15) is 0 Å². The van der Waals surface area contributed by atoms with E-state index in [-0.39, 0.29) is 37.5 Å². The lowest BCUT2D eigenvalue weighted by atomic mass is 10.0. The zero-order valence-corrected chi connectivity index (χ0v) is 37.1. The normalized spacial score (nSPS) is 12.7. The van der Waals surface area contributed by atoms with Crippen molar-refractivity contribution in [2.45, 2.75) is 219 Å². The zero-order chi connectivity index (χ0) is 41.5. The number of hydrogen-bond donors (Lipinski definition) is 0. The van der Waals surface area contributed by atoms with Gasteiger partial charge in [0.1, 0.15) is 13.2 Å². The lowest BCUT2D eigenvalue weighted by molar-refractivity contribution is -0.167. The second kappa shape index (κ2) is 45.6. The average Bonchev–Trinajstić information content (AvgIpc) is 3.21. The molecule has 1 atom stereocenters. The van der Waals surface area contributed by atoms with Crippen molar-refractivity contribution in [3.05, 3.63) is 72.9 Å². The highest BCUT2D eigenvalue weighted by atomic mass is 16.6. The SMILES string of the molecule is CC\C=C/C=C\C=C/C=C\C=C/CCCC(=O)OC(COC(=O)CCCCCCC/C=C\CCCC)COC(=O)CCCCCCCCCCCCCCCCC. The van der Waals surface area contributed by atoms with Crippen LogP contribution >= 0.6 is 0 Å². The summed E-state index contributed by atoms with van der Waals surface area (Å²) >= 11 is 0. The van der Waals surface area contributed by atoms with E-state index >= 15 is 0 Å². The molecule has 0 N–H and O–H groups in total. The van der Waals surface area contributed by atoms with Crippen LogP contribution in [-0.4, -0.2) is 37.2 Å². The van der Waals surface area contributed by atoms with Crippen molar-refractivity contribution in [1.29, 1.82) is 0 Å². The quantitative estimate of drug-likeness (QED) is 0.0202. The van der Waals surface area contributed by atoms with E-state index in [9.17, 15) is 14.4 Å². The van der Waals surface area contributed by atoms with Crippen LogP contribution in [0.4, 0.5) is 0 Å². The molecule has 0 aliphatic heterocycles. The molecule has 6 nitrogen and oxygen atoms in total. The fourth-order valence-electron chi connectivity index (χ4n) is 6.28. The van der Waals surface area contributed by atoms with Gasteiger partial charge in [0.15, 0.2) is 6.10 Å². The Morgan fingerprint density at radius 3 is 1.21 bits per heavy atom. The van der Waals surface area contributed by atoms with E-state index in [1.165, 1.54) is 103 Å². The number of rotatable bonds is 41. The molecular weight excluding hydrogens is 709 g/mol. The van der Waals surface area contributed by atoms with Crippen LogP contribution in [0.15, 0.2) is 72.9 Å². The maximum Gasteiger partial charge on any atom is 0.306 e. The molecule has 0 aromatic heterocycles. The molecule has 0 rings (SSSR count). The minimum absolute atomic E-state index is 0.105. The molecule has 0 aliphatic rings. The number of ether oxygens (including phenoxy) is 3. The van der Waals surface area contributed by atoms with Crippen LogP contribution in [0.2, 0.25) is 0 Å². The van der Waals surface area contributed by atoms with Crippen molar-refractivity contribution in [3.63, 3.8) is 0 Å². The molecule has 57 heavy (non-hydrogen) atoms. The fraction of sp³-hybridized carbons (Fsp3) is 0.706. The second-order valence-corrected chi connectivity index (χ2v) is 15.4. The molecule has 0 bridgehead atoms. The first-order valence-corrected chi connectivity index (χ1v) is 23.5. The summed E-state index contributed by atoms with van der Waals surface area (Å²) in [5.74, 6) is -0.993. The van der Waals surface area contributed by atoms with E-state index in [1.807, 2.05) is 54.7 Å². The van der Waals surface area contributed by atoms with Gasteiger partial charge >= 0.3 is 17.9 Å². The van der Waals surface area contributed by atoms with Gasteiger partial charge in [-0.05, 0) is 51.4 Å². The molecule has 0 fully saturated rings. The number of carbonyl (C=O) groups excluding carboxylic acids is 3. The molecule has 0 heterocycles. The van der Waals surface area contributed by atoms with Crippen LogP contribution in [0, 0.1) is 0 Å². The molecule has 6 heteroatoms. The maximum atomic E-state index is 12.7. The van der Waals surface area contributed by atoms with Gasteiger partial charge in [-0.15, -0.1) is 0 Å². The van der Waals surface area contributed by atoms with Crippen molar-refractivity contribution in [2.24, 2.45) is 0 Å². The molecule has 0 saturated heterocycles. The lowest BCUT2D eigenvalue weighted by Crippen LogP contribution is -2.30. The predicted octanol–water partition coefficient (Wildman–Crippen LogP) is 15.1. The Kier molecular flexibility index (Phi) is 43.0. The number of allylic oxidation sites excluding steroid dienone is 12. The molecule has 1 unspecified atom stereocenters. The molecule has 0 radical (unpaired) electrons. The Balaban J connectivity index is 4.47. The third kappa shape index (κ3) is 43.8. The highest BCUT2D eigenvalue weighted by molar-refractivity contribution is 5.71. The summed E-state index contributed by atoms with van der Waals surface area (Å²) in [6.45, 7) is 6.38. The van der Waals surface area contributed by atoms with Crippen LogP contribution in [0.1, 0.15) is 213 Å². The summed E-state index contributed by atoms with van der Waals surface area (Å²) in [4.78, 5) is 37.7. The van der Waals surface area contributed by atoms with E-state index in [1.54, 1.807) is 0 Å². The topological polar surface area (TPSA) is 78.9 Å². The highest BCUT2D eigenvalue weighted by Gasteiger charge is 2.19. The molecule has 326 valence electrons. The van der Waals surface area contributed by atoms with Crippen LogP contribution in [0.25, 0.3) is 0 Å². The summed E-state index contributed by atoms with van der Waals surface area (Å²) in [7, 11) is 0. The Bertz CT molecular complexity index is 1100. The van der Waals surface area contributed by atoms with Gasteiger partial charge in [-0.1, -0.05) is 216 Å². The molecule has 0 aromatic rings. The van der Waals surface area contributed by atoms with E-state index in [0.717, 1.165) is 64.2 Å². The largest absolute Gasteiger partial charge is 0.462 e. The lowest BCUT2D eigenvalue weighted by Gasteiger charge is -2.18.